The van der Waals surface area contributed by atoms with Crippen LogP contribution in [0.1, 0.15) is 26.7 Å². The van der Waals surface area contributed by atoms with E-state index in [1.807, 2.05) is 0 Å². The van der Waals surface area contributed by atoms with Gasteiger partial charge in [0.1, 0.15) is 0 Å². The van der Waals surface area contributed by atoms with E-state index in [2.05, 4.69) is 24.5 Å². The fourth-order valence-electron chi connectivity index (χ4n) is 3.12. The highest BCUT2D eigenvalue weighted by atomic mass is 32.2. The Morgan fingerprint density at radius 1 is 1.42 bits per heavy atom. The third-order valence-corrected chi connectivity index (χ3v) is 6.38. The molecule has 1 heterocycles. The van der Waals surface area contributed by atoms with Crippen LogP contribution in [-0.2, 0) is 14.6 Å². The minimum Gasteiger partial charge on any atom is -0.381 e. The van der Waals surface area contributed by atoms with Gasteiger partial charge in [0.05, 0.1) is 17.6 Å². The quantitative estimate of drug-likeness (QED) is 0.755. The first-order valence-corrected chi connectivity index (χ1v) is 8.87. The number of methoxy groups -OCH3 is 1. The van der Waals surface area contributed by atoms with Gasteiger partial charge in [0, 0.05) is 31.2 Å². The van der Waals surface area contributed by atoms with Gasteiger partial charge in [-0.1, -0.05) is 13.8 Å². The van der Waals surface area contributed by atoms with Crippen molar-refractivity contribution in [2.45, 2.75) is 44.9 Å². The molecule has 0 radical (unpaired) electrons. The average Bonchev–Trinajstić information content (AvgIpc) is 2.31. The molecule has 0 amide bonds. The third-order valence-electron chi connectivity index (χ3n) is 4.65. The van der Waals surface area contributed by atoms with E-state index in [9.17, 15) is 8.42 Å². The van der Waals surface area contributed by atoms with Crippen LogP contribution < -0.4 is 10.6 Å². The molecular weight excluding hydrogens is 264 g/mol. The molecule has 3 unspecified atom stereocenters. The predicted octanol–water partition coefficient (Wildman–Crippen LogP) is 0.166. The minimum atomic E-state index is -2.82. The molecule has 0 bridgehead atoms. The fourth-order valence-corrected chi connectivity index (χ4v) is 4.61. The van der Waals surface area contributed by atoms with Crippen molar-refractivity contribution in [2.75, 3.05) is 31.7 Å². The van der Waals surface area contributed by atoms with Crippen molar-refractivity contribution < 1.29 is 13.2 Å². The molecular formula is C13H26N2O3S. The number of hydrogen-bond acceptors (Lipinski definition) is 5. The van der Waals surface area contributed by atoms with Crippen LogP contribution in [0.5, 0.6) is 0 Å². The van der Waals surface area contributed by atoms with Gasteiger partial charge < -0.3 is 15.4 Å². The lowest BCUT2D eigenvalue weighted by Crippen LogP contribution is -2.61. The zero-order chi connectivity index (χ0) is 14.1. The van der Waals surface area contributed by atoms with Crippen molar-refractivity contribution in [1.29, 1.82) is 0 Å². The van der Waals surface area contributed by atoms with Gasteiger partial charge in [-0.25, -0.2) is 8.42 Å². The first-order valence-electron chi connectivity index (χ1n) is 7.05. The van der Waals surface area contributed by atoms with E-state index in [0.717, 1.165) is 19.4 Å². The Labute approximate surface area is 116 Å². The second kappa shape index (κ2) is 5.68. The molecule has 1 saturated carbocycles. The second-order valence-electron chi connectivity index (χ2n) is 6.34. The summed E-state index contributed by atoms with van der Waals surface area (Å²) in [6, 6.07) is 0.574. The van der Waals surface area contributed by atoms with Crippen molar-refractivity contribution in [2.24, 2.45) is 5.41 Å². The lowest BCUT2D eigenvalue weighted by Gasteiger charge is -2.51. The minimum absolute atomic E-state index is 0.104. The molecule has 3 atom stereocenters. The zero-order valence-corrected chi connectivity index (χ0v) is 12.9. The molecule has 0 aromatic carbocycles. The van der Waals surface area contributed by atoms with Gasteiger partial charge in [0.15, 0.2) is 9.84 Å². The number of hydrogen-bond donors (Lipinski definition) is 2. The summed E-state index contributed by atoms with van der Waals surface area (Å²) in [6.45, 7) is 5.88. The van der Waals surface area contributed by atoms with E-state index in [0.29, 0.717) is 18.7 Å². The van der Waals surface area contributed by atoms with Gasteiger partial charge >= 0.3 is 0 Å². The number of nitrogens with one attached hydrogen (secondary N) is 2. The Morgan fingerprint density at radius 3 is 2.74 bits per heavy atom. The molecule has 1 saturated heterocycles. The summed E-state index contributed by atoms with van der Waals surface area (Å²) in [7, 11) is -1.06. The smallest absolute Gasteiger partial charge is 0.153 e. The van der Waals surface area contributed by atoms with Crippen molar-refractivity contribution in [3.8, 4) is 0 Å². The molecule has 0 aromatic rings. The van der Waals surface area contributed by atoms with Gasteiger partial charge in [-0.05, 0) is 19.4 Å². The highest BCUT2D eigenvalue weighted by Gasteiger charge is 2.48. The summed E-state index contributed by atoms with van der Waals surface area (Å²) >= 11 is 0. The maximum absolute atomic E-state index is 11.5. The molecule has 2 N–H and O–H groups in total. The molecule has 112 valence electrons. The van der Waals surface area contributed by atoms with Crippen LogP contribution >= 0.6 is 0 Å². The van der Waals surface area contributed by atoms with Gasteiger partial charge in [-0.3, -0.25) is 0 Å². The Bertz CT molecular complexity index is 408. The molecule has 2 aliphatic rings. The second-order valence-corrected chi connectivity index (χ2v) is 8.57. The molecule has 5 nitrogen and oxygen atoms in total. The molecule has 1 aliphatic heterocycles. The highest BCUT2D eigenvalue weighted by Crippen LogP contribution is 2.42. The molecule has 6 heteroatoms. The Kier molecular flexibility index (Phi) is 4.55. The predicted molar refractivity (Wildman–Crippen MR) is 76.0 cm³/mol. The zero-order valence-electron chi connectivity index (χ0n) is 12.1. The summed E-state index contributed by atoms with van der Waals surface area (Å²) < 4.78 is 28.5. The van der Waals surface area contributed by atoms with E-state index in [-0.39, 0.29) is 23.0 Å². The summed E-state index contributed by atoms with van der Waals surface area (Å²) in [4.78, 5) is 0. The molecule has 0 spiro atoms. The monoisotopic (exact) mass is 290 g/mol. The average molecular weight is 290 g/mol. The first-order chi connectivity index (χ1) is 8.85. The van der Waals surface area contributed by atoms with Crippen LogP contribution in [0.4, 0.5) is 0 Å². The third kappa shape index (κ3) is 3.48. The maximum atomic E-state index is 11.5. The van der Waals surface area contributed by atoms with Crippen LogP contribution in [0.15, 0.2) is 0 Å². The summed E-state index contributed by atoms with van der Waals surface area (Å²) in [5, 5.41) is 6.81. The Balaban J connectivity index is 1.70. The van der Waals surface area contributed by atoms with E-state index in [1.54, 1.807) is 7.11 Å². The fraction of sp³-hybridized carbons (Fsp3) is 1.00. The summed E-state index contributed by atoms with van der Waals surface area (Å²) in [5.41, 5.74) is 0.167. The van der Waals surface area contributed by atoms with E-state index in [1.165, 1.54) is 0 Å². The standard InChI is InChI=1S/C13H26N2O3S/c1-13(2)11(8-12(13)18-3)15-5-4-10-9-19(16,17)7-6-14-10/h10-12,14-15H,4-9H2,1-3H3. The van der Waals surface area contributed by atoms with Gasteiger partial charge in [-0.2, -0.15) is 0 Å². The van der Waals surface area contributed by atoms with Crippen LogP contribution in [0.2, 0.25) is 0 Å². The van der Waals surface area contributed by atoms with E-state index in [4.69, 9.17) is 4.74 Å². The van der Waals surface area contributed by atoms with E-state index < -0.39 is 9.84 Å². The number of sulfone groups is 1. The molecule has 0 aromatic heterocycles. The largest absolute Gasteiger partial charge is 0.381 e. The van der Waals surface area contributed by atoms with Crippen LogP contribution in [-0.4, -0.2) is 58.3 Å². The van der Waals surface area contributed by atoms with Crippen molar-refractivity contribution >= 4 is 9.84 Å². The highest BCUT2D eigenvalue weighted by molar-refractivity contribution is 7.91. The van der Waals surface area contributed by atoms with Gasteiger partial charge in [0.2, 0.25) is 0 Å². The summed E-state index contributed by atoms with van der Waals surface area (Å²) in [5.74, 6) is 0.561. The van der Waals surface area contributed by atoms with Crippen molar-refractivity contribution in [3.63, 3.8) is 0 Å². The van der Waals surface area contributed by atoms with Crippen LogP contribution in [0, 0.1) is 5.41 Å². The lowest BCUT2D eigenvalue weighted by molar-refractivity contribution is -0.0973. The van der Waals surface area contributed by atoms with E-state index >= 15 is 0 Å². The summed E-state index contributed by atoms with van der Waals surface area (Å²) in [6.07, 6.45) is 2.24. The van der Waals surface area contributed by atoms with Gasteiger partial charge in [0.25, 0.3) is 0 Å². The molecule has 2 fully saturated rings. The topological polar surface area (TPSA) is 67.4 Å². The van der Waals surface area contributed by atoms with Crippen molar-refractivity contribution in [1.82, 2.24) is 10.6 Å². The first kappa shape index (κ1) is 15.2. The Morgan fingerprint density at radius 2 is 2.16 bits per heavy atom. The molecule has 2 rings (SSSR count). The maximum Gasteiger partial charge on any atom is 0.153 e. The molecule has 1 aliphatic carbocycles. The number of ether oxygens (including phenoxy) is 1. The SMILES string of the molecule is COC1CC(NCCC2CS(=O)(=O)CCN2)C1(C)C. The van der Waals surface area contributed by atoms with Crippen LogP contribution in [0.3, 0.4) is 0 Å². The number of rotatable bonds is 5. The lowest BCUT2D eigenvalue weighted by atomic mass is 9.64. The Hall–Kier alpha value is -0.170. The van der Waals surface area contributed by atoms with Crippen LogP contribution in [0.25, 0.3) is 0 Å². The molecule has 19 heavy (non-hydrogen) atoms. The van der Waals surface area contributed by atoms with Crippen molar-refractivity contribution in [3.05, 3.63) is 0 Å². The normalized spacial score (nSPS) is 36.7. The van der Waals surface area contributed by atoms with Gasteiger partial charge in [-0.15, -0.1) is 0 Å².